The molecule has 0 fully saturated rings. The van der Waals surface area contributed by atoms with E-state index in [1.807, 2.05) is 50.6 Å². The molecule has 0 bridgehead atoms. The molecule has 0 saturated carbocycles. The number of halogens is 1. The van der Waals surface area contributed by atoms with Gasteiger partial charge in [-0.15, -0.1) is 0 Å². The molecule has 0 rings (SSSR count). The second-order valence-corrected chi connectivity index (χ2v) is 9.01. The molecule has 0 aromatic carbocycles. The Morgan fingerprint density at radius 1 is 1.13 bits per heavy atom. The fraction of sp³-hybridized carbons (Fsp3) is 0.941. The van der Waals surface area contributed by atoms with Crippen molar-refractivity contribution in [3.05, 3.63) is 0 Å². The molecule has 3 unspecified atom stereocenters. The largest absolute Gasteiger partial charge is 0.462 e. The van der Waals surface area contributed by atoms with Gasteiger partial charge in [-0.2, -0.15) is 0 Å². The number of rotatable bonds is 9. The van der Waals surface area contributed by atoms with Gasteiger partial charge in [-0.05, 0) is 60.8 Å². The molecule has 138 valence electrons. The maximum Gasteiger partial charge on any atom is 0.313 e. The Morgan fingerprint density at radius 3 is 1.96 bits per heavy atom. The molecule has 0 aromatic heterocycles. The van der Waals surface area contributed by atoms with Crippen molar-refractivity contribution in [3.63, 3.8) is 0 Å². The fourth-order valence-corrected chi connectivity index (χ4v) is 2.81. The molecule has 0 heterocycles. The molecule has 6 heteroatoms. The number of carbonyl (C=O) groups excluding carboxylic acids is 1. The zero-order chi connectivity index (χ0) is 18.6. The van der Waals surface area contributed by atoms with Crippen LogP contribution in [0, 0.1) is 11.3 Å². The standard InChI is InChI=1S/C17H34INO4/c1-11(17(7,8)22)9-13(10-15(3,4)21)23-14(20)16(5,6)12(2)19-18/h11-13,19,21-22H,9-10H2,1-8H3. The van der Waals surface area contributed by atoms with Crippen LogP contribution in [0.15, 0.2) is 0 Å². The summed E-state index contributed by atoms with van der Waals surface area (Å²) in [5.74, 6) is -0.364. The number of nitrogens with one attached hydrogen (secondary N) is 1. The average molecular weight is 443 g/mol. The molecular formula is C17H34INO4. The van der Waals surface area contributed by atoms with E-state index in [1.54, 1.807) is 27.7 Å². The SMILES string of the molecule is CC(CC(CC(C)(C)O)OC(=O)C(C)(C)C(C)NI)C(C)(C)O. The van der Waals surface area contributed by atoms with Crippen LogP contribution in [0.4, 0.5) is 0 Å². The van der Waals surface area contributed by atoms with Crippen molar-refractivity contribution in [2.45, 2.75) is 91.6 Å². The van der Waals surface area contributed by atoms with Gasteiger partial charge in [0, 0.05) is 35.3 Å². The highest BCUT2D eigenvalue weighted by Gasteiger charge is 2.38. The number of carbonyl (C=O) groups is 1. The molecule has 0 spiro atoms. The van der Waals surface area contributed by atoms with Gasteiger partial charge in [-0.3, -0.25) is 8.32 Å². The Bertz CT molecular complexity index is 385. The van der Waals surface area contributed by atoms with Crippen molar-refractivity contribution < 1.29 is 19.7 Å². The van der Waals surface area contributed by atoms with Crippen LogP contribution in [0.2, 0.25) is 0 Å². The van der Waals surface area contributed by atoms with Gasteiger partial charge in [0.15, 0.2) is 0 Å². The van der Waals surface area contributed by atoms with Crippen LogP contribution in [-0.2, 0) is 9.53 Å². The third-order valence-electron chi connectivity index (χ3n) is 4.60. The van der Waals surface area contributed by atoms with Crippen LogP contribution in [0.1, 0.15) is 68.2 Å². The topological polar surface area (TPSA) is 78.8 Å². The highest BCUT2D eigenvalue weighted by molar-refractivity contribution is 14.1. The Labute approximate surface area is 155 Å². The molecule has 3 N–H and O–H groups in total. The van der Waals surface area contributed by atoms with Crippen molar-refractivity contribution in [1.82, 2.24) is 3.53 Å². The van der Waals surface area contributed by atoms with Crippen LogP contribution in [0.3, 0.4) is 0 Å². The van der Waals surface area contributed by atoms with E-state index in [-0.39, 0.29) is 17.9 Å². The molecule has 23 heavy (non-hydrogen) atoms. The number of esters is 1. The number of aliphatic hydroxyl groups is 2. The van der Waals surface area contributed by atoms with E-state index in [2.05, 4.69) is 3.53 Å². The van der Waals surface area contributed by atoms with E-state index < -0.39 is 22.7 Å². The minimum Gasteiger partial charge on any atom is -0.462 e. The Morgan fingerprint density at radius 2 is 1.61 bits per heavy atom. The lowest BCUT2D eigenvalue weighted by Crippen LogP contribution is -2.45. The van der Waals surface area contributed by atoms with Crippen molar-refractivity contribution in [3.8, 4) is 0 Å². The van der Waals surface area contributed by atoms with Crippen LogP contribution >= 0.6 is 22.9 Å². The van der Waals surface area contributed by atoms with Gasteiger partial charge in [0.25, 0.3) is 0 Å². The Kier molecular flexibility index (Phi) is 8.48. The fourth-order valence-electron chi connectivity index (χ4n) is 2.03. The molecule has 0 aliphatic rings. The first-order valence-corrected chi connectivity index (χ1v) is 9.21. The number of hydrogen-bond acceptors (Lipinski definition) is 5. The van der Waals surface area contributed by atoms with Gasteiger partial charge in [-0.1, -0.05) is 6.92 Å². The second kappa shape index (κ2) is 8.45. The van der Waals surface area contributed by atoms with Gasteiger partial charge in [0.1, 0.15) is 6.10 Å². The summed E-state index contributed by atoms with van der Waals surface area (Å²) in [5, 5.41) is 20.2. The Balaban J connectivity index is 5.13. The first-order valence-electron chi connectivity index (χ1n) is 8.13. The second-order valence-electron chi connectivity index (χ2n) is 8.39. The van der Waals surface area contributed by atoms with Crippen molar-refractivity contribution in [2.24, 2.45) is 11.3 Å². The molecule has 3 atom stereocenters. The Hall–Kier alpha value is 0.0800. The smallest absolute Gasteiger partial charge is 0.313 e. The van der Waals surface area contributed by atoms with E-state index in [4.69, 9.17) is 4.74 Å². The molecular weight excluding hydrogens is 409 g/mol. The lowest BCUT2D eigenvalue weighted by molar-refractivity contribution is -0.165. The summed E-state index contributed by atoms with van der Waals surface area (Å²) in [7, 11) is 0. The lowest BCUT2D eigenvalue weighted by atomic mass is 9.84. The summed E-state index contributed by atoms with van der Waals surface area (Å²) in [4.78, 5) is 12.6. The normalized spacial score (nSPS) is 17.5. The minimum absolute atomic E-state index is 0.0508. The third-order valence-corrected chi connectivity index (χ3v) is 5.53. The average Bonchev–Trinajstić information content (AvgIpc) is 2.34. The van der Waals surface area contributed by atoms with Crippen LogP contribution < -0.4 is 3.53 Å². The van der Waals surface area contributed by atoms with Gasteiger partial charge < -0.3 is 14.9 Å². The van der Waals surface area contributed by atoms with E-state index in [9.17, 15) is 15.0 Å². The molecule has 0 radical (unpaired) electrons. The van der Waals surface area contributed by atoms with Crippen molar-refractivity contribution >= 4 is 28.8 Å². The van der Waals surface area contributed by atoms with Crippen molar-refractivity contribution in [1.29, 1.82) is 0 Å². The third kappa shape index (κ3) is 8.14. The summed E-state index contributed by atoms with van der Waals surface area (Å²) in [6.07, 6.45) is 0.396. The summed E-state index contributed by atoms with van der Waals surface area (Å²) in [6.45, 7) is 14.4. The molecule has 5 nitrogen and oxygen atoms in total. The predicted molar refractivity (Wildman–Crippen MR) is 101 cm³/mol. The monoisotopic (exact) mass is 443 g/mol. The number of ether oxygens (including phenoxy) is 1. The first-order chi connectivity index (χ1) is 10.1. The molecule has 0 aliphatic heterocycles. The molecule has 0 saturated heterocycles. The minimum atomic E-state index is -0.943. The van der Waals surface area contributed by atoms with Gasteiger partial charge in [0.2, 0.25) is 0 Å². The predicted octanol–water partition coefficient (Wildman–Crippen LogP) is 3.21. The molecule has 0 aliphatic carbocycles. The summed E-state index contributed by atoms with van der Waals surface area (Å²) in [5.41, 5.74) is -2.49. The van der Waals surface area contributed by atoms with Crippen LogP contribution in [0.5, 0.6) is 0 Å². The quantitative estimate of drug-likeness (QED) is 0.290. The van der Waals surface area contributed by atoms with E-state index in [1.165, 1.54) is 0 Å². The lowest BCUT2D eigenvalue weighted by Gasteiger charge is -2.35. The highest BCUT2D eigenvalue weighted by atomic mass is 127. The molecule has 0 amide bonds. The highest BCUT2D eigenvalue weighted by Crippen LogP contribution is 2.30. The zero-order valence-electron chi connectivity index (χ0n) is 15.7. The van der Waals surface area contributed by atoms with Crippen LogP contribution in [-0.4, -0.2) is 39.5 Å². The zero-order valence-corrected chi connectivity index (χ0v) is 17.9. The molecule has 0 aromatic rings. The maximum absolute atomic E-state index is 12.6. The summed E-state index contributed by atoms with van der Waals surface area (Å²) >= 11 is 2.03. The van der Waals surface area contributed by atoms with E-state index in [0.29, 0.717) is 12.8 Å². The van der Waals surface area contributed by atoms with Gasteiger partial charge in [0.05, 0.1) is 16.6 Å². The van der Waals surface area contributed by atoms with E-state index in [0.717, 1.165) is 0 Å². The van der Waals surface area contributed by atoms with Crippen LogP contribution in [0.25, 0.3) is 0 Å². The number of hydrogen-bond donors (Lipinski definition) is 3. The summed E-state index contributed by atoms with van der Waals surface area (Å²) < 4.78 is 8.78. The van der Waals surface area contributed by atoms with Crippen molar-refractivity contribution in [2.75, 3.05) is 0 Å². The first kappa shape index (κ1) is 23.1. The van der Waals surface area contributed by atoms with Gasteiger partial charge >= 0.3 is 5.97 Å². The van der Waals surface area contributed by atoms with Gasteiger partial charge in [-0.25, -0.2) is 0 Å². The van der Waals surface area contributed by atoms with E-state index >= 15 is 0 Å². The summed E-state index contributed by atoms with van der Waals surface area (Å²) in [6, 6.07) is -0.0508. The maximum atomic E-state index is 12.6.